The fourth-order valence-corrected chi connectivity index (χ4v) is 1.83. The third-order valence-electron chi connectivity index (χ3n) is 2.15. The smallest absolute Gasteiger partial charge is 0.253 e. The lowest BCUT2D eigenvalue weighted by atomic mass is 10.2. The SMILES string of the molecule is CN(CCC(N)=S)C(=O)c1cc(F)cc(Br)c1. The standard InChI is InChI=1S/C11H12BrFN2OS/c1-15(3-2-10(14)17)11(16)7-4-8(12)6-9(13)5-7/h4-6H,2-3H2,1H3,(H2,14,17). The first-order valence-electron chi connectivity index (χ1n) is 4.90. The van der Waals surface area contributed by atoms with E-state index in [0.29, 0.717) is 28.0 Å². The van der Waals surface area contributed by atoms with Gasteiger partial charge in [0.2, 0.25) is 0 Å². The molecule has 0 radical (unpaired) electrons. The lowest BCUT2D eigenvalue weighted by molar-refractivity contribution is 0.0798. The number of hydrogen-bond acceptors (Lipinski definition) is 2. The molecule has 3 nitrogen and oxygen atoms in total. The lowest BCUT2D eigenvalue weighted by Crippen LogP contribution is -2.30. The van der Waals surface area contributed by atoms with Crippen molar-refractivity contribution in [1.82, 2.24) is 4.90 Å². The average Bonchev–Trinajstić information content (AvgIpc) is 2.23. The Kier molecular flexibility index (Phi) is 5.02. The number of nitrogens with zero attached hydrogens (tertiary/aromatic N) is 1. The molecule has 1 amide bonds. The molecule has 0 saturated heterocycles. The van der Waals surface area contributed by atoms with Crippen LogP contribution in [0.3, 0.4) is 0 Å². The molecule has 2 N–H and O–H groups in total. The van der Waals surface area contributed by atoms with Gasteiger partial charge in [-0.3, -0.25) is 4.79 Å². The summed E-state index contributed by atoms with van der Waals surface area (Å²) in [6, 6.07) is 4.07. The van der Waals surface area contributed by atoms with Crippen LogP contribution in [0.4, 0.5) is 4.39 Å². The van der Waals surface area contributed by atoms with Gasteiger partial charge in [-0.1, -0.05) is 28.1 Å². The summed E-state index contributed by atoms with van der Waals surface area (Å²) < 4.78 is 13.7. The van der Waals surface area contributed by atoms with Gasteiger partial charge in [-0.15, -0.1) is 0 Å². The zero-order chi connectivity index (χ0) is 13.0. The van der Waals surface area contributed by atoms with Gasteiger partial charge < -0.3 is 10.6 Å². The fourth-order valence-electron chi connectivity index (χ4n) is 1.28. The van der Waals surface area contributed by atoms with Gasteiger partial charge in [0.05, 0.1) is 4.99 Å². The van der Waals surface area contributed by atoms with E-state index in [1.807, 2.05) is 0 Å². The van der Waals surface area contributed by atoms with Gasteiger partial charge in [0, 0.05) is 30.0 Å². The molecule has 1 aromatic carbocycles. The zero-order valence-electron chi connectivity index (χ0n) is 9.24. The molecule has 0 heterocycles. The molecule has 0 aliphatic rings. The molecule has 92 valence electrons. The van der Waals surface area contributed by atoms with Gasteiger partial charge in [0.25, 0.3) is 5.91 Å². The van der Waals surface area contributed by atoms with Crippen molar-refractivity contribution in [3.8, 4) is 0 Å². The highest BCUT2D eigenvalue weighted by Crippen LogP contribution is 2.16. The second kappa shape index (κ2) is 6.07. The van der Waals surface area contributed by atoms with Crippen LogP contribution >= 0.6 is 28.1 Å². The zero-order valence-corrected chi connectivity index (χ0v) is 11.6. The average molecular weight is 319 g/mol. The molecule has 17 heavy (non-hydrogen) atoms. The Morgan fingerprint density at radius 3 is 2.71 bits per heavy atom. The number of carbonyl (C=O) groups excluding carboxylic acids is 1. The van der Waals surface area contributed by atoms with Crippen LogP contribution in [-0.2, 0) is 0 Å². The van der Waals surface area contributed by atoms with Crippen LogP contribution in [-0.4, -0.2) is 29.4 Å². The van der Waals surface area contributed by atoms with E-state index in [2.05, 4.69) is 15.9 Å². The first-order chi connectivity index (χ1) is 7.90. The number of amides is 1. The third-order valence-corrected chi connectivity index (χ3v) is 2.81. The Morgan fingerprint density at radius 2 is 2.18 bits per heavy atom. The minimum Gasteiger partial charge on any atom is -0.393 e. The van der Waals surface area contributed by atoms with Gasteiger partial charge in [0.1, 0.15) is 5.82 Å². The Morgan fingerprint density at radius 1 is 1.53 bits per heavy atom. The van der Waals surface area contributed by atoms with Gasteiger partial charge in [-0.05, 0) is 18.2 Å². The maximum atomic E-state index is 13.1. The number of benzene rings is 1. The summed E-state index contributed by atoms with van der Waals surface area (Å²) in [5, 5.41) is 0. The maximum Gasteiger partial charge on any atom is 0.253 e. The van der Waals surface area contributed by atoms with E-state index in [9.17, 15) is 9.18 Å². The summed E-state index contributed by atoms with van der Waals surface area (Å²) in [4.78, 5) is 13.7. The van der Waals surface area contributed by atoms with Crippen LogP contribution in [0.25, 0.3) is 0 Å². The molecule has 0 spiro atoms. The summed E-state index contributed by atoms with van der Waals surface area (Å²) in [5.41, 5.74) is 5.65. The van der Waals surface area contributed by atoms with Crippen molar-refractivity contribution in [3.05, 3.63) is 34.1 Å². The van der Waals surface area contributed by atoms with Crippen LogP contribution in [0.2, 0.25) is 0 Å². The van der Waals surface area contributed by atoms with E-state index in [1.54, 1.807) is 13.1 Å². The molecule has 0 aliphatic heterocycles. The second-order valence-electron chi connectivity index (χ2n) is 3.60. The molecule has 0 fully saturated rings. The van der Waals surface area contributed by atoms with E-state index in [0.717, 1.165) is 0 Å². The van der Waals surface area contributed by atoms with E-state index < -0.39 is 5.82 Å². The Bertz CT molecular complexity index is 433. The number of halogens is 2. The van der Waals surface area contributed by atoms with Crippen LogP contribution in [0, 0.1) is 5.82 Å². The largest absolute Gasteiger partial charge is 0.393 e. The molecular weight excluding hydrogens is 307 g/mol. The van der Waals surface area contributed by atoms with Crippen molar-refractivity contribution < 1.29 is 9.18 Å². The quantitative estimate of drug-likeness (QED) is 0.867. The van der Waals surface area contributed by atoms with Gasteiger partial charge in [-0.2, -0.15) is 0 Å². The predicted molar refractivity (Wildman–Crippen MR) is 72.5 cm³/mol. The number of rotatable bonds is 4. The van der Waals surface area contributed by atoms with Crippen LogP contribution in [0.1, 0.15) is 16.8 Å². The maximum absolute atomic E-state index is 13.1. The van der Waals surface area contributed by atoms with Crippen LogP contribution in [0.5, 0.6) is 0 Å². The van der Waals surface area contributed by atoms with E-state index in [4.69, 9.17) is 18.0 Å². The molecule has 0 bridgehead atoms. The Balaban J connectivity index is 2.77. The monoisotopic (exact) mass is 318 g/mol. The highest BCUT2D eigenvalue weighted by Gasteiger charge is 2.13. The fraction of sp³-hybridized carbons (Fsp3) is 0.273. The first-order valence-corrected chi connectivity index (χ1v) is 6.10. The summed E-state index contributed by atoms with van der Waals surface area (Å²) in [5.74, 6) is -0.716. The Hall–Kier alpha value is -1.01. The molecule has 0 atom stereocenters. The van der Waals surface area contributed by atoms with Crippen molar-refractivity contribution in [2.24, 2.45) is 5.73 Å². The van der Waals surface area contributed by atoms with Crippen molar-refractivity contribution >= 4 is 39.0 Å². The minimum absolute atomic E-state index is 0.263. The number of carbonyl (C=O) groups is 1. The molecule has 0 aromatic heterocycles. The molecule has 1 aromatic rings. The molecule has 6 heteroatoms. The topological polar surface area (TPSA) is 46.3 Å². The van der Waals surface area contributed by atoms with Crippen molar-refractivity contribution in [2.75, 3.05) is 13.6 Å². The summed E-state index contributed by atoms with van der Waals surface area (Å²) >= 11 is 7.87. The second-order valence-corrected chi connectivity index (χ2v) is 5.04. The van der Waals surface area contributed by atoms with E-state index >= 15 is 0 Å². The molecule has 0 unspecified atom stereocenters. The summed E-state index contributed by atoms with van der Waals surface area (Å²) in [7, 11) is 1.62. The highest BCUT2D eigenvalue weighted by molar-refractivity contribution is 9.10. The van der Waals surface area contributed by atoms with Crippen molar-refractivity contribution in [3.63, 3.8) is 0 Å². The number of nitrogens with two attached hydrogens (primary N) is 1. The van der Waals surface area contributed by atoms with Gasteiger partial charge in [0.15, 0.2) is 0 Å². The van der Waals surface area contributed by atoms with Gasteiger partial charge in [-0.25, -0.2) is 4.39 Å². The molecular formula is C11H12BrFN2OS. The van der Waals surface area contributed by atoms with Crippen LogP contribution in [0.15, 0.2) is 22.7 Å². The number of thiocarbonyl (C=S) groups is 1. The highest BCUT2D eigenvalue weighted by atomic mass is 79.9. The van der Waals surface area contributed by atoms with Crippen molar-refractivity contribution in [2.45, 2.75) is 6.42 Å². The predicted octanol–water partition coefficient (Wildman–Crippen LogP) is 2.34. The van der Waals surface area contributed by atoms with Crippen LogP contribution < -0.4 is 5.73 Å². The van der Waals surface area contributed by atoms with Gasteiger partial charge >= 0.3 is 0 Å². The van der Waals surface area contributed by atoms with Crippen molar-refractivity contribution in [1.29, 1.82) is 0 Å². The first kappa shape index (κ1) is 14.1. The lowest BCUT2D eigenvalue weighted by Gasteiger charge is -2.16. The van der Waals surface area contributed by atoms with E-state index in [-0.39, 0.29) is 5.91 Å². The number of hydrogen-bond donors (Lipinski definition) is 1. The minimum atomic E-state index is -0.453. The normalized spacial score (nSPS) is 10.1. The molecule has 0 aliphatic carbocycles. The molecule has 0 saturated carbocycles. The Labute approximate surface area is 113 Å². The van der Waals surface area contributed by atoms with E-state index in [1.165, 1.54) is 17.0 Å². The molecule has 1 rings (SSSR count). The summed E-state index contributed by atoms with van der Waals surface area (Å²) in [6.07, 6.45) is 0.452. The third kappa shape index (κ3) is 4.40. The summed E-state index contributed by atoms with van der Waals surface area (Å²) in [6.45, 7) is 0.419.